The van der Waals surface area contributed by atoms with E-state index in [-0.39, 0.29) is 24.2 Å². The van der Waals surface area contributed by atoms with Gasteiger partial charge in [0.05, 0.1) is 0 Å². The van der Waals surface area contributed by atoms with Gasteiger partial charge in [-0.05, 0) is 19.3 Å². The number of hydrogen-bond donors (Lipinski definition) is 2. The van der Waals surface area contributed by atoms with E-state index in [0.717, 1.165) is 12.8 Å². The summed E-state index contributed by atoms with van der Waals surface area (Å²) in [7, 11) is 1.71. The summed E-state index contributed by atoms with van der Waals surface area (Å²) in [5, 5.41) is 12.0. The maximum atomic E-state index is 12.2. The largest absolute Gasteiger partial charge is 0.480 e. The van der Waals surface area contributed by atoms with Gasteiger partial charge in [0.1, 0.15) is 5.54 Å². The second-order valence-electron chi connectivity index (χ2n) is 5.59. The van der Waals surface area contributed by atoms with Crippen LogP contribution in [-0.4, -0.2) is 46.9 Å². The molecule has 1 aliphatic heterocycles. The number of piperidine rings is 1. The predicted octanol–water partition coefficient (Wildman–Crippen LogP) is 0.368. The van der Waals surface area contributed by atoms with E-state index in [1.807, 2.05) is 0 Å². The molecule has 0 bridgehead atoms. The molecule has 1 unspecified atom stereocenters. The zero-order valence-corrected chi connectivity index (χ0v) is 11.1. The van der Waals surface area contributed by atoms with Crippen molar-refractivity contribution in [3.8, 4) is 0 Å². The lowest BCUT2D eigenvalue weighted by molar-refractivity contribution is -0.149. The Morgan fingerprint density at radius 2 is 2.00 bits per heavy atom. The van der Waals surface area contributed by atoms with Crippen molar-refractivity contribution in [2.75, 3.05) is 13.6 Å². The Labute approximate surface area is 112 Å². The molecular formula is C13H20N2O4. The number of rotatable bonds is 3. The summed E-state index contributed by atoms with van der Waals surface area (Å²) in [4.78, 5) is 36.7. The van der Waals surface area contributed by atoms with Crippen molar-refractivity contribution in [3.05, 3.63) is 0 Å². The Kier molecular flexibility index (Phi) is 3.78. The third-order valence-electron chi connectivity index (χ3n) is 4.26. The normalized spacial score (nSPS) is 26.3. The highest BCUT2D eigenvalue weighted by Gasteiger charge is 2.44. The van der Waals surface area contributed by atoms with Crippen LogP contribution in [0.15, 0.2) is 0 Å². The van der Waals surface area contributed by atoms with E-state index in [2.05, 4.69) is 5.32 Å². The monoisotopic (exact) mass is 268 g/mol. The average Bonchev–Trinajstić information content (AvgIpc) is 2.82. The third-order valence-corrected chi connectivity index (χ3v) is 4.26. The minimum atomic E-state index is -1.11. The van der Waals surface area contributed by atoms with E-state index in [9.17, 15) is 19.5 Å². The summed E-state index contributed by atoms with van der Waals surface area (Å²) in [6.07, 6.45) is 3.38. The second kappa shape index (κ2) is 5.19. The van der Waals surface area contributed by atoms with E-state index >= 15 is 0 Å². The first-order valence-electron chi connectivity index (χ1n) is 6.74. The first-order valence-corrected chi connectivity index (χ1v) is 6.74. The SMILES string of the molecule is CN1CCC(C(=O)NC2(C(=O)O)CCCC2)CC1=O. The summed E-state index contributed by atoms with van der Waals surface area (Å²) in [6, 6.07) is 0. The number of amides is 2. The van der Waals surface area contributed by atoms with Gasteiger partial charge in [-0.3, -0.25) is 9.59 Å². The van der Waals surface area contributed by atoms with Crippen LogP contribution >= 0.6 is 0 Å². The number of hydrogen-bond acceptors (Lipinski definition) is 3. The molecule has 19 heavy (non-hydrogen) atoms. The quantitative estimate of drug-likeness (QED) is 0.774. The maximum absolute atomic E-state index is 12.2. The average molecular weight is 268 g/mol. The van der Waals surface area contributed by atoms with E-state index in [0.29, 0.717) is 25.8 Å². The van der Waals surface area contributed by atoms with Crippen molar-refractivity contribution in [1.82, 2.24) is 10.2 Å². The number of likely N-dealkylation sites (tertiary alicyclic amines) is 1. The molecular weight excluding hydrogens is 248 g/mol. The summed E-state index contributed by atoms with van der Waals surface area (Å²) < 4.78 is 0. The number of carbonyl (C=O) groups excluding carboxylic acids is 2. The van der Waals surface area contributed by atoms with Gasteiger partial charge in [0.2, 0.25) is 11.8 Å². The van der Waals surface area contributed by atoms with Crippen LogP contribution in [0.3, 0.4) is 0 Å². The molecule has 0 aromatic rings. The molecule has 6 heteroatoms. The van der Waals surface area contributed by atoms with Crippen molar-refractivity contribution < 1.29 is 19.5 Å². The Morgan fingerprint density at radius 3 is 2.53 bits per heavy atom. The molecule has 0 spiro atoms. The molecule has 1 saturated heterocycles. The summed E-state index contributed by atoms with van der Waals surface area (Å²) in [5.74, 6) is -1.69. The fraction of sp³-hybridized carbons (Fsp3) is 0.769. The number of aliphatic carboxylic acids is 1. The molecule has 0 aromatic heterocycles. The number of carboxylic acid groups (broad SMARTS) is 1. The zero-order valence-electron chi connectivity index (χ0n) is 11.1. The number of carboxylic acids is 1. The maximum Gasteiger partial charge on any atom is 0.329 e. The van der Waals surface area contributed by atoms with E-state index < -0.39 is 11.5 Å². The van der Waals surface area contributed by atoms with Gasteiger partial charge in [-0.2, -0.15) is 0 Å². The van der Waals surface area contributed by atoms with E-state index in [1.165, 1.54) is 0 Å². The smallest absolute Gasteiger partial charge is 0.329 e. The van der Waals surface area contributed by atoms with Crippen LogP contribution < -0.4 is 5.32 Å². The third kappa shape index (κ3) is 2.72. The van der Waals surface area contributed by atoms with Crippen LogP contribution in [0.4, 0.5) is 0 Å². The van der Waals surface area contributed by atoms with Crippen molar-refractivity contribution in [1.29, 1.82) is 0 Å². The minimum Gasteiger partial charge on any atom is -0.480 e. The fourth-order valence-electron chi connectivity index (χ4n) is 2.88. The topological polar surface area (TPSA) is 86.7 Å². The van der Waals surface area contributed by atoms with Gasteiger partial charge in [-0.1, -0.05) is 12.8 Å². The minimum absolute atomic E-state index is 0.0535. The van der Waals surface area contributed by atoms with Crippen molar-refractivity contribution in [2.45, 2.75) is 44.1 Å². The number of nitrogens with one attached hydrogen (secondary N) is 1. The van der Waals surface area contributed by atoms with Crippen molar-refractivity contribution in [3.63, 3.8) is 0 Å². The standard InChI is InChI=1S/C13H20N2O4/c1-15-7-4-9(8-10(15)16)11(17)14-13(12(18)19)5-2-3-6-13/h9H,2-8H2,1H3,(H,14,17)(H,18,19). The lowest BCUT2D eigenvalue weighted by Gasteiger charge is -2.31. The van der Waals surface area contributed by atoms with Gasteiger partial charge in [-0.15, -0.1) is 0 Å². The van der Waals surface area contributed by atoms with Crippen LogP contribution in [0.2, 0.25) is 0 Å². The highest BCUT2D eigenvalue weighted by Crippen LogP contribution is 2.31. The van der Waals surface area contributed by atoms with E-state index in [1.54, 1.807) is 11.9 Å². The second-order valence-corrected chi connectivity index (χ2v) is 5.59. The Hall–Kier alpha value is -1.59. The first-order chi connectivity index (χ1) is 8.94. The van der Waals surface area contributed by atoms with Crippen molar-refractivity contribution >= 4 is 17.8 Å². The lowest BCUT2D eigenvalue weighted by Crippen LogP contribution is -2.55. The van der Waals surface area contributed by atoms with Crippen LogP contribution in [0.25, 0.3) is 0 Å². The van der Waals surface area contributed by atoms with E-state index in [4.69, 9.17) is 0 Å². The molecule has 2 fully saturated rings. The number of carbonyl (C=O) groups is 3. The van der Waals surface area contributed by atoms with Crippen LogP contribution in [0, 0.1) is 5.92 Å². The molecule has 2 aliphatic rings. The summed E-state index contributed by atoms with van der Waals surface area (Å²) in [6.45, 7) is 0.553. The Morgan fingerprint density at radius 1 is 1.37 bits per heavy atom. The Balaban J connectivity index is 2.00. The Bertz CT molecular complexity index is 401. The van der Waals surface area contributed by atoms with Crippen molar-refractivity contribution in [2.24, 2.45) is 5.92 Å². The van der Waals surface area contributed by atoms with Gasteiger partial charge in [0.25, 0.3) is 0 Å². The van der Waals surface area contributed by atoms with Crippen LogP contribution in [-0.2, 0) is 14.4 Å². The molecule has 1 atom stereocenters. The van der Waals surface area contributed by atoms with Gasteiger partial charge < -0.3 is 15.3 Å². The van der Waals surface area contributed by atoms with Gasteiger partial charge in [0.15, 0.2) is 0 Å². The highest BCUT2D eigenvalue weighted by atomic mass is 16.4. The molecule has 0 aromatic carbocycles. The van der Waals surface area contributed by atoms with Gasteiger partial charge >= 0.3 is 5.97 Å². The molecule has 0 radical (unpaired) electrons. The fourth-order valence-corrected chi connectivity index (χ4v) is 2.88. The number of nitrogens with zero attached hydrogens (tertiary/aromatic N) is 1. The molecule has 2 N–H and O–H groups in total. The summed E-state index contributed by atoms with van der Waals surface area (Å²) >= 11 is 0. The molecule has 1 aliphatic carbocycles. The zero-order chi connectivity index (χ0) is 14.0. The molecule has 6 nitrogen and oxygen atoms in total. The van der Waals surface area contributed by atoms with Gasteiger partial charge in [0, 0.05) is 25.9 Å². The molecule has 2 amide bonds. The predicted molar refractivity (Wildman–Crippen MR) is 67.3 cm³/mol. The summed E-state index contributed by atoms with van der Waals surface area (Å²) in [5.41, 5.74) is -1.11. The molecule has 106 valence electrons. The first kappa shape index (κ1) is 13.8. The molecule has 1 heterocycles. The van der Waals surface area contributed by atoms with Crippen LogP contribution in [0.1, 0.15) is 38.5 Å². The van der Waals surface area contributed by atoms with Crippen LogP contribution in [0.5, 0.6) is 0 Å². The lowest BCUT2D eigenvalue weighted by atomic mass is 9.92. The van der Waals surface area contributed by atoms with Gasteiger partial charge in [-0.25, -0.2) is 4.79 Å². The molecule has 2 rings (SSSR count). The highest BCUT2D eigenvalue weighted by molar-refractivity contribution is 5.91. The molecule has 1 saturated carbocycles.